The molecule has 0 aliphatic carbocycles. The maximum Gasteiger partial charge on any atom is 0.282 e. The second kappa shape index (κ2) is 7.68. The Morgan fingerprint density at radius 1 is 1.17 bits per heavy atom. The molecule has 24 heavy (non-hydrogen) atoms. The molecule has 0 saturated heterocycles. The van der Waals surface area contributed by atoms with Gasteiger partial charge in [0.2, 0.25) is 0 Å². The third kappa shape index (κ3) is 3.82. The van der Waals surface area contributed by atoms with Gasteiger partial charge in [0.25, 0.3) is 10.2 Å². The number of fused-ring (bicyclic) bond motifs is 1. The van der Waals surface area contributed by atoms with Crippen molar-refractivity contribution >= 4 is 21.2 Å². The lowest BCUT2D eigenvalue weighted by Gasteiger charge is -2.27. The molecule has 0 fully saturated rings. The van der Waals surface area contributed by atoms with Gasteiger partial charge in [-0.1, -0.05) is 31.5 Å². The SMILES string of the molecule is CCCCc1oc2ccccc2c1CN(C)S(=O)(=O)N(C)C(C)C. The van der Waals surface area contributed by atoms with Gasteiger partial charge in [0, 0.05) is 44.1 Å². The largest absolute Gasteiger partial charge is 0.461 e. The van der Waals surface area contributed by atoms with Gasteiger partial charge in [-0.25, -0.2) is 0 Å². The van der Waals surface area contributed by atoms with Crippen LogP contribution in [0, 0.1) is 0 Å². The Labute approximate surface area is 145 Å². The first-order chi connectivity index (χ1) is 11.3. The molecule has 6 heteroatoms. The second-order valence-corrected chi connectivity index (χ2v) is 8.57. The first kappa shape index (κ1) is 19.0. The van der Waals surface area contributed by atoms with Crippen LogP contribution in [-0.4, -0.2) is 37.2 Å². The number of unbranched alkanes of at least 4 members (excludes halogenated alkanes) is 1. The lowest BCUT2D eigenvalue weighted by Crippen LogP contribution is -2.42. The molecule has 2 aromatic rings. The van der Waals surface area contributed by atoms with E-state index in [2.05, 4.69) is 6.92 Å². The van der Waals surface area contributed by atoms with Crippen LogP contribution in [0.3, 0.4) is 0 Å². The number of para-hydroxylation sites is 1. The van der Waals surface area contributed by atoms with Gasteiger partial charge in [-0.2, -0.15) is 17.0 Å². The van der Waals surface area contributed by atoms with E-state index >= 15 is 0 Å². The molecule has 0 aliphatic rings. The normalized spacial score (nSPS) is 12.8. The van der Waals surface area contributed by atoms with Crippen molar-refractivity contribution in [1.29, 1.82) is 0 Å². The first-order valence-corrected chi connectivity index (χ1v) is 9.87. The van der Waals surface area contributed by atoms with Crippen LogP contribution in [0.2, 0.25) is 0 Å². The molecule has 0 atom stereocenters. The second-order valence-electron chi connectivity index (χ2n) is 6.48. The van der Waals surface area contributed by atoms with Crippen LogP contribution in [0.5, 0.6) is 0 Å². The van der Waals surface area contributed by atoms with Crippen molar-refractivity contribution in [3.05, 3.63) is 35.6 Å². The average Bonchev–Trinajstić information content (AvgIpc) is 2.89. The van der Waals surface area contributed by atoms with E-state index in [0.29, 0.717) is 6.54 Å². The zero-order valence-corrected chi connectivity index (χ0v) is 16.1. The van der Waals surface area contributed by atoms with Gasteiger partial charge >= 0.3 is 0 Å². The predicted molar refractivity (Wildman–Crippen MR) is 98.1 cm³/mol. The molecular formula is C18H28N2O3S. The highest BCUT2D eigenvalue weighted by atomic mass is 32.2. The predicted octanol–water partition coefficient (Wildman–Crippen LogP) is 3.79. The minimum Gasteiger partial charge on any atom is -0.461 e. The summed E-state index contributed by atoms with van der Waals surface area (Å²) >= 11 is 0. The highest BCUT2D eigenvalue weighted by Crippen LogP contribution is 2.29. The number of aryl methyl sites for hydroxylation is 1. The van der Waals surface area contributed by atoms with Crippen LogP contribution in [0.15, 0.2) is 28.7 Å². The molecule has 5 nitrogen and oxygen atoms in total. The number of nitrogens with zero attached hydrogens (tertiary/aromatic N) is 2. The summed E-state index contributed by atoms with van der Waals surface area (Å²) in [6.45, 7) is 6.18. The summed E-state index contributed by atoms with van der Waals surface area (Å²) in [6.07, 6.45) is 2.92. The third-order valence-corrected chi connectivity index (χ3v) is 6.47. The molecule has 0 unspecified atom stereocenters. The molecule has 0 saturated carbocycles. The first-order valence-electron chi connectivity index (χ1n) is 8.47. The summed E-state index contributed by atoms with van der Waals surface area (Å²) in [5, 5.41) is 0.998. The summed E-state index contributed by atoms with van der Waals surface area (Å²) in [5.74, 6) is 0.896. The van der Waals surface area contributed by atoms with E-state index in [1.165, 1.54) is 8.61 Å². The molecule has 0 radical (unpaired) electrons. The van der Waals surface area contributed by atoms with E-state index in [9.17, 15) is 8.42 Å². The zero-order chi connectivity index (χ0) is 17.9. The van der Waals surface area contributed by atoms with E-state index in [1.807, 2.05) is 38.1 Å². The van der Waals surface area contributed by atoms with Gasteiger partial charge in [0.15, 0.2) is 0 Å². The van der Waals surface area contributed by atoms with Crippen LogP contribution in [-0.2, 0) is 23.2 Å². The van der Waals surface area contributed by atoms with Gasteiger partial charge in [0.05, 0.1) is 0 Å². The Kier molecular flexibility index (Phi) is 6.06. The van der Waals surface area contributed by atoms with Crippen molar-refractivity contribution < 1.29 is 12.8 Å². The van der Waals surface area contributed by atoms with Crippen LogP contribution in [0.1, 0.15) is 44.9 Å². The van der Waals surface area contributed by atoms with Crippen LogP contribution in [0.4, 0.5) is 0 Å². The monoisotopic (exact) mass is 352 g/mol. The van der Waals surface area contributed by atoms with Crippen molar-refractivity contribution in [1.82, 2.24) is 8.61 Å². The molecular weight excluding hydrogens is 324 g/mol. The highest BCUT2D eigenvalue weighted by molar-refractivity contribution is 7.86. The van der Waals surface area contributed by atoms with Gasteiger partial charge in [-0.15, -0.1) is 0 Å². The number of hydrogen-bond donors (Lipinski definition) is 0. The van der Waals surface area contributed by atoms with Gasteiger partial charge in [-0.05, 0) is 26.3 Å². The average molecular weight is 353 g/mol. The van der Waals surface area contributed by atoms with Crippen molar-refractivity contribution in [2.45, 2.75) is 52.6 Å². The fourth-order valence-corrected chi connectivity index (χ4v) is 3.92. The molecule has 1 aromatic carbocycles. The van der Waals surface area contributed by atoms with E-state index < -0.39 is 10.2 Å². The van der Waals surface area contributed by atoms with Crippen LogP contribution in [0.25, 0.3) is 11.0 Å². The van der Waals surface area contributed by atoms with Crippen molar-refractivity contribution in [2.24, 2.45) is 0 Å². The van der Waals surface area contributed by atoms with Crippen LogP contribution < -0.4 is 0 Å². The van der Waals surface area contributed by atoms with Gasteiger partial charge in [-0.3, -0.25) is 0 Å². The minimum atomic E-state index is -3.50. The lowest BCUT2D eigenvalue weighted by atomic mass is 10.1. The summed E-state index contributed by atoms with van der Waals surface area (Å²) in [5.41, 5.74) is 1.80. The topological polar surface area (TPSA) is 53.8 Å². The smallest absolute Gasteiger partial charge is 0.282 e. The molecule has 1 heterocycles. The lowest BCUT2D eigenvalue weighted by molar-refractivity contribution is 0.354. The highest BCUT2D eigenvalue weighted by Gasteiger charge is 2.27. The van der Waals surface area contributed by atoms with Crippen molar-refractivity contribution in [3.8, 4) is 0 Å². The summed E-state index contributed by atoms with van der Waals surface area (Å²) < 4.78 is 34.1. The van der Waals surface area contributed by atoms with E-state index in [4.69, 9.17) is 4.42 Å². The van der Waals surface area contributed by atoms with E-state index in [1.54, 1.807) is 14.1 Å². The molecule has 0 aliphatic heterocycles. The standard InChI is InChI=1S/C18H28N2O3S/c1-6-7-11-18-16(15-10-8-9-12-17(15)23-18)13-19(4)24(21,22)20(5)14(2)3/h8-10,12,14H,6-7,11,13H2,1-5H3. The third-order valence-electron chi connectivity index (χ3n) is 4.41. The zero-order valence-electron chi connectivity index (χ0n) is 15.2. The summed E-state index contributed by atoms with van der Waals surface area (Å²) in [7, 11) is -0.258. The molecule has 2 rings (SSSR count). The molecule has 0 bridgehead atoms. The minimum absolute atomic E-state index is 0.0851. The maximum atomic E-state index is 12.7. The molecule has 0 N–H and O–H groups in total. The van der Waals surface area contributed by atoms with Crippen LogP contribution >= 0.6 is 0 Å². The molecule has 134 valence electrons. The fourth-order valence-electron chi connectivity index (χ4n) is 2.65. The summed E-state index contributed by atoms with van der Waals surface area (Å²) in [6, 6.07) is 7.74. The summed E-state index contributed by atoms with van der Waals surface area (Å²) in [4.78, 5) is 0. The molecule has 0 amide bonds. The number of furan rings is 1. The van der Waals surface area contributed by atoms with Gasteiger partial charge in [0.1, 0.15) is 11.3 Å². The van der Waals surface area contributed by atoms with Crippen molar-refractivity contribution in [3.63, 3.8) is 0 Å². The Balaban J connectivity index is 2.37. The molecule has 0 spiro atoms. The Morgan fingerprint density at radius 3 is 2.46 bits per heavy atom. The van der Waals surface area contributed by atoms with Gasteiger partial charge < -0.3 is 4.42 Å². The Morgan fingerprint density at radius 2 is 1.83 bits per heavy atom. The Bertz CT molecular complexity index is 781. The quantitative estimate of drug-likeness (QED) is 0.726. The number of rotatable bonds is 8. The number of hydrogen-bond acceptors (Lipinski definition) is 3. The van der Waals surface area contributed by atoms with Crippen molar-refractivity contribution in [2.75, 3.05) is 14.1 Å². The van der Waals surface area contributed by atoms with E-state index in [0.717, 1.165) is 41.6 Å². The van der Waals surface area contributed by atoms with E-state index in [-0.39, 0.29) is 6.04 Å². The fraction of sp³-hybridized carbons (Fsp3) is 0.556. The number of benzene rings is 1. The molecule has 1 aromatic heterocycles. The Hall–Kier alpha value is -1.37. The maximum absolute atomic E-state index is 12.7.